The first-order valence-corrected chi connectivity index (χ1v) is 7.99. The number of halogens is 1. The zero-order valence-electron chi connectivity index (χ0n) is 12.6. The van der Waals surface area contributed by atoms with Gasteiger partial charge in [0.15, 0.2) is 0 Å². The Balaban J connectivity index is 2.72. The number of nitro benzene ring substituents is 1. The van der Waals surface area contributed by atoms with Gasteiger partial charge in [0, 0.05) is 28.6 Å². The van der Waals surface area contributed by atoms with E-state index in [9.17, 15) is 14.9 Å². The molecule has 5 nitrogen and oxygen atoms in total. The normalized spacial score (nSPS) is 12.2. The van der Waals surface area contributed by atoms with E-state index in [2.05, 4.69) is 35.1 Å². The van der Waals surface area contributed by atoms with Gasteiger partial charge in [-0.25, -0.2) is 0 Å². The van der Waals surface area contributed by atoms with Crippen molar-refractivity contribution in [3.63, 3.8) is 0 Å². The largest absolute Gasteiger partial charge is 0.351 e. The molecule has 1 amide bonds. The molecule has 0 bridgehead atoms. The Bertz CT molecular complexity index is 516. The second-order valence-electron chi connectivity index (χ2n) is 5.06. The van der Waals surface area contributed by atoms with Crippen LogP contribution in [0.3, 0.4) is 0 Å². The van der Waals surface area contributed by atoms with Crippen molar-refractivity contribution in [3.8, 4) is 0 Å². The molecule has 6 heteroatoms. The number of rotatable bonds is 7. The van der Waals surface area contributed by atoms with E-state index in [0.29, 0.717) is 23.6 Å². The predicted octanol–water partition coefficient (Wildman–Crippen LogP) is 3.83. The summed E-state index contributed by atoms with van der Waals surface area (Å²) in [5, 5.41) is 13.7. The Hall–Kier alpha value is -1.43. The van der Waals surface area contributed by atoms with Gasteiger partial charge in [0.05, 0.1) is 4.92 Å². The van der Waals surface area contributed by atoms with Crippen LogP contribution in [-0.2, 0) is 0 Å². The van der Waals surface area contributed by atoms with Gasteiger partial charge in [0.2, 0.25) is 0 Å². The molecule has 116 valence electrons. The first-order valence-electron chi connectivity index (χ1n) is 7.07. The first-order chi connectivity index (χ1) is 9.90. The average molecular weight is 357 g/mol. The van der Waals surface area contributed by atoms with E-state index < -0.39 is 4.92 Å². The molecule has 0 aromatic heterocycles. The minimum absolute atomic E-state index is 0.0296. The van der Waals surface area contributed by atoms with E-state index in [-0.39, 0.29) is 16.4 Å². The lowest BCUT2D eigenvalue weighted by Crippen LogP contribution is -2.32. The molecule has 1 atom stereocenters. The van der Waals surface area contributed by atoms with Crippen LogP contribution in [0.2, 0.25) is 0 Å². The summed E-state index contributed by atoms with van der Waals surface area (Å²) in [6.07, 6.45) is 2.08. The topological polar surface area (TPSA) is 72.2 Å². The van der Waals surface area contributed by atoms with Crippen molar-refractivity contribution in [2.24, 2.45) is 5.92 Å². The standard InChI is InChI=1S/C15H21BrN2O3/c1-4-11(5-2)13(16)9-17-15(19)12-7-6-10(3)14(8-12)18(20)21/h6-8,11,13H,4-5,9H2,1-3H3,(H,17,19). The molecule has 1 rings (SSSR count). The monoisotopic (exact) mass is 356 g/mol. The Morgan fingerprint density at radius 1 is 1.38 bits per heavy atom. The summed E-state index contributed by atoms with van der Waals surface area (Å²) in [7, 11) is 0. The van der Waals surface area contributed by atoms with E-state index in [1.54, 1.807) is 19.1 Å². The van der Waals surface area contributed by atoms with E-state index in [4.69, 9.17) is 0 Å². The summed E-state index contributed by atoms with van der Waals surface area (Å²) in [6, 6.07) is 4.53. The molecule has 21 heavy (non-hydrogen) atoms. The van der Waals surface area contributed by atoms with Crippen LogP contribution in [0, 0.1) is 23.0 Å². The highest BCUT2D eigenvalue weighted by molar-refractivity contribution is 9.09. The third-order valence-corrected chi connectivity index (χ3v) is 4.76. The molecule has 0 aliphatic carbocycles. The first kappa shape index (κ1) is 17.6. The molecule has 1 unspecified atom stereocenters. The number of nitrogens with zero attached hydrogens (tertiary/aromatic N) is 1. The van der Waals surface area contributed by atoms with Crippen LogP contribution in [0.4, 0.5) is 5.69 Å². The Morgan fingerprint density at radius 2 is 2.00 bits per heavy atom. The summed E-state index contributed by atoms with van der Waals surface area (Å²) < 4.78 is 0. The highest BCUT2D eigenvalue weighted by Gasteiger charge is 2.18. The lowest BCUT2D eigenvalue weighted by Gasteiger charge is -2.19. The second-order valence-corrected chi connectivity index (χ2v) is 6.24. The van der Waals surface area contributed by atoms with Crippen molar-refractivity contribution in [3.05, 3.63) is 39.4 Å². The quantitative estimate of drug-likeness (QED) is 0.458. The van der Waals surface area contributed by atoms with Crippen LogP contribution >= 0.6 is 15.9 Å². The summed E-state index contributed by atoms with van der Waals surface area (Å²) in [6.45, 7) is 6.40. The number of amides is 1. The van der Waals surface area contributed by atoms with Crippen molar-refractivity contribution in [1.29, 1.82) is 0 Å². The fourth-order valence-corrected chi connectivity index (χ4v) is 3.12. The second kappa shape index (κ2) is 8.12. The number of hydrogen-bond donors (Lipinski definition) is 1. The maximum atomic E-state index is 12.1. The Kier molecular flexibility index (Phi) is 6.81. The molecule has 1 aromatic carbocycles. The van der Waals surface area contributed by atoms with E-state index in [0.717, 1.165) is 12.8 Å². The Morgan fingerprint density at radius 3 is 2.52 bits per heavy atom. The highest BCUT2D eigenvalue weighted by atomic mass is 79.9. The number of benzene rings is 1. The minimum atomic E-state index is -0.469. The Labute approximate surface area is 133 Å². The van der Waals surface area contributed by atoms with Crippen molar-refractivity contribution < 1.29 is 9.72 Å². The molecule has 1 N–H and O–H groups in total. The fraction of sp³-hybridized carbons (Fsp3) is 0.533. The van der Waals surface area contributed by atoms with Crippen molar-refractivity contribution in [1.82, 2.24) is 5.32 Å². The summed E-state index contributed by atoms with van der Waals surface area (Å²) in [5.41, 5.74) is 0.835. The van der Waals surface area contributed by atoms with Crippen molar-refractivity contribution in [2.75, 3.05) is 6.54 Å². The van der Waals surface area contributed by atoms with Gasteiger partial charge in [-0.1, -0.05) is 48.7 Å². The van der Waals surface area contributed by atoms with Gasteiger partial charge >= 0.3 is 0 Å². The number of nitro groups is 1. The number of hydrogen-bond acceptors (Lipinski definition) is 3. The maximum absolute atomic E-state index is 12.1. The number of carbonyl (C=O) groups excluding carboxylic acids is 1. The van der Waals surface area contributed by atoms with E-state index >= 15 is 0 Å². The van der Waals surface area contributed by atoms with Crippen LogP contribution in [0.5, 0.6) is 0 Å². The molecule has 0 aliphatic heterocycles. The molecule has 1 aromatic rings. The average Bonchev–Trinajstić information content (AvgIpc) is 2.46. The number of nitrogens with one attached hydrogen (secondary N) is 1. The molecular weight excluding hydrogens is 336 g/mol. The predicted molar refractivity (Wildman–Crippen MR) is 87.0 cm³/mol. The molecule has 0 spiro atoms. The lowest BCUT2D eigenvalue weighted by molar-refractivity contribution is -0.385. The summed E-state index contributed by atoms with van der Waals surface area (Å²) >= 11 is 3.59. The van der Waals surface area contributed by atoms with E-state index in [1.165, 1.54) is 6.07 Å². The molecule has 0 saturated heterocycles. The zero-order chi connectivity index (χ0) is 16.0. The van der Waals surface area contributed by atoms with Gasteiger partial charge in [-0.05, 0) is 18.9 Å². The van der Waals surface area contributed by atoms with Gasteiger partial charge < -0.3 is 5.32 Å². The fourth-order valence-electron chi connectivity index (χ4n) is 2.21. The van der Waals surface area contributed by atoms with Crippen LogP contribution in [0.15, 0.2) is 18.2 Å². The summed E-state index contributed by atoms with van der Waals surface area (Å²) in [5.74, 6) is 0.214. The van der Waals surface area contributed by atoms with Crippen molar-refractivity contribution in [2.45, 2.75) is 38.4 Å². The van der Waals surface area contributed by atoms with Crippen LogP contribution in [-0.4, -0.2) is 22.2 Å². The number of carbonyl (C=O) groups is 1. The maximum Gasteiger partial charge on any atom is 0.273 e. The van der Waals surface area contributed by atoms with Gasteiger partial charge in [0.25, 0.3) is 11.6 Å². The molecular formula is C15H21BrN2O3. The zero-order valence-corrected chi connectivity index (χ0v) is 14.1. The third-order valence-electron chi connectivity index (χ3n) is 3.69. The van der Waals surface area contributed by atoms with Crippen LogP contribution < -0.4 is 5.32 Å². The molecule has 0 radical (unpaired) electrons. The van der Waals surface area contributed by atoms with Gasteiger partial charge in [-0.15, -0.1) is 0 Å². The van der Waals surface area contributed by atoms with Gasteiger partial charge in [-0.2, -0.15) is 0 Å². The minimum Gasteiger partial charge on any atom is -0.351 e. The summed E-state index contributed by atoms with van der Waals surface area (Å²) in [4.78, 5) is 22.7. The SMILES string of the molecule is CCC(CC)C(Br)CNC(=O)c1ccc(C)c([N+](=O)[O-])c1. The molecule has 0 heterocycles. The lowest BCUT2D eigenvalue weighted by atomic mass is 9.99. The molecule has 0 saturated carbocycles. The number of alkyl halides is 1. The van der Waals surface area contributed by atoms with Gasteiger partial charge in [0.1, 0.15) is 0 Å². The van der Waals surface area contributed by atoms with Gasteiger partial charge in [-0.3, -0.25) is 14.9 Å². The third kappa shape index (κ3) is 4.81. The van der Waals surface area contributed by atoms with Crippen molar-refractivity contribution >= 4 is 27.5 Å². The number of aryl methyl sites for hydroxylation is 1. The van der Waals surface area contributed by atoms with E-state index in [1.807, 2.05) is 0 Å². The smallest absolute Gasteiger partial charge is 0.273 e. The molecule has 0 fully saturated rings. The molecule has 0 aliphatic rings. The highest BCUT2D eigenvalue weighted by Crippen LogP contribution is 2.21. The van der Waals surface area contributed by atoms with Crippen LogP contribution in [0.1, 0.15) is 42.6 Å². The van der Waals surface area contributed by atoms with Crippen LogP contribution in [0.25, 0.3) is 0 Å².